The van der Waals surface area contributed by atoms with Gasteiger partial charge in [-0.15, -0.1) is 0 Å². The lowest BCUT2D eigenvalue weighted by Gasteiger charge is -2.18. The molecule has 2 heterocycles. The molecule has 5 rings (SSSR count). The van der Waals surface area contributed by atoms with Gasteiger partial charge >= 0.3 is 0 Å². The molecule has 1 fully saturated rings. The predicted molar refractivity (Wildman–Crippen MR) is 116 cm³/mol. The van der Waals surface area contributed by atoms with E-state index in [4.69, 9.17) is 11.6 Å². The van der Waals surface area contributed by atoms with Crippen LogP contribution in [0.1, 0.15) is 47.3 Å². The third kappa shape index (κ3) is 2.88. The van der Waals surface area contributed by atoms with Crippen LogP contribution in [0.2, 0.25) is 5.02 Å². The van der Waals surface area contributed by atoms with Gasteiger partial charge in [-0.05, 0) is 35.7 Å². The average Bonchev–Trinajstić information content (AvgIpc) is 3.26. The molecular weight excluding hydrogens is 398 g/mol. The van der Waals surface area contributed by atoms with Gasteiger partial charge in [0.2, 0.25) is 5.91 Å². The molecule has 2 aliphatic rings. The van der Waals surface area contributed by atoms with Crippen LogP contribution in [0.4, 0.5) is 5.69 Å². The second kappa shape index (κ2) is 7.10. The van der Waals surface area contributed by atoms with Crippen LogP contribution in [0.25, 0.3) is 0 Å². The number of hydrogen-bond donors (Lipinski definition) is 0. The molecule has 152 valence electrons. The van der Waals surface area contributed by atoms with Crippen molar-refractivity contribution in [2.75, 3.05) is 11.4 Å². The predicted octanol–water partition coefficient (Wildman–Crippen LogP) is 4.60. The molecule has 2 aromatic carbocycles. The van der Waals surface area contributed by atoms with Crippen LogP contribution < -0.4 is 4.90 Å². The van der Waals surface area contributed by atoms with E-state index in [9.17, 15) is 9.59 Å². The Morgan fingerprint density at radius 1 is 1.17 bits per heavy atom. The second-order valence-electron chi connectivity index (χ2n) is 8.03. The number of halogens is 1. The van der Waals surface area contributed by atoms with Crippen molar-refractivity contribution in [3.8, 4) is 0 Å². The van der Waals surface area contributed by atoms with Crippen LogP contribution in [0, 0.1) is 0 Å². The third-order valence-electron chi connectivity index (χ3n) is 6.36. The van der Waals surface area contributed by atoms with E-state index in [1.54, 1.807) is 12.5 Å². The maximum Gasteiger partial charge on any atom is 0.238 e. The van der Waals surface area contributed by atoms with Gasteiger partial charge in [0.25, 0.3) is 0 Å². The average molecular weight is 420 g/mol. The van der Waals surface area contributed by atoms with Gasteiger partial charge in [-0.1, -0.05) is 48.9 Å². The molecule has 30 heavy (non-hydrogen) atoms. The number of benzene rings is 2. The van der Waals surface area contributed by atoms with Crippen LogP contribution >= 0.6 is 11.6 Å². The van der Waals surface area contributed by atoms with Crippen LogP contribution in [-0.2, 0) is 16.8 Å². The van der Waals surface area contributed by atoms with Gasteiger partial charge in [0, 0.05) is 42.3 Å². The van der Waals surface area contributed by atoms with Gasteiger partial charge in [0.15, 0.2) is 5.78 Å². The third-order valence-corrected chi connectivity index (χ3v) is 6.61. The molecule has 1 saturated carbocycles. The fourth-order valence-corrected chi connectivity index (χ4v) is 4.82. The zero-order valence-corrected chi connectivity index (χ0v) is 17.5. The summed E-state index contributed by atoms with van der Waals surface area (Å²) in [5.41, 5.74) is 3.27. The topological polar surface area (TPSA) is 55.2 Å². The SMILES string of the molecule is CCC(=O)c1cn(CCN2C(=O)C3(CC3c3ccc(Cl)cc3)c3ccccc32)cn1. The Balaban J connectivity index is 1.40. The molecule has 1 spiro atoms. The molecule has 2 unspecified atom stereocenters. The Bertz CT molecular complexity index is 1140. The van der Waals surface area contributed by atoms with E-state index in [1.165, 1.54) is 0 Å². The van der Waals surface area contributed by atoms with E-state index in [1.807, 2.05) is 58.9 Å². The van der Waals surface area contributed by atoms with E-state index in [-0.39, 0.29) is 17.6 Å². The number of aromatic nitrogens is 2. The minimum atomic E-state index is -0.470. The normalized spacial score (nSPS) is 21.9. The Morgan fingerprint density at radius 3 is 2.70 bits per heavy atom. The minimum absolute atomic E-state index is 0.0269. The summed E-state index contributed by atoms with van der Waals surface area (Å²) in [5, 5.41) is 0.703. The lowest BCUT2D eigenvalue weighted by Crippen LogP contribution is -2.35. The Kier molecular flexibility index (Phi) is 4.51. The number of amides is 1. The number of anilines is 1. The first kappa shape index (κ1) is 19.1. The van der Waals surface area contributed by atoms with Crippen LogP contribution in [-0.4, -0.2) is 27.8 Å². The molecule has 3 aromatic rings. The largest absolute Gasteiger partial charge is 0.335 e. The summed E-state index contributed by atoms with van der Waals surface area (Å²) in [5.74, 6) is 0.364. The van der Waals surface area contributed by atoms with Gasteiger partial charge in [0.05, 0.1) is 11.7 Å². The maximum atomic E-state index is 13.6. The summed E-state index contributed by atoms with van der Waals surface area (Å²) in [7, 11) is 0. The molecule has 0 saturated heterocycles. The van der Waals surface area contributed by atoms with Crippen molar-refractivity contribution in [3.63, 3.8) is 0 Å². The fraction of sp³-hybridized carbons (Fsp3) is 0.292. The van der Waals surface area contributed by atoms with Gasteiger partial charge in [-0.2, -0.15) is 0 Å². The molecule has 6 heteroatoms. The number of rotatable bonds is 6. The number of ketones is 1. The summed E-state index contributed by atoms with van der Waals surface area (Å²) in [6, 6.07) is 15.9. The van der Waals surface area contributed by atoms with Gasteiger partial charge < -0.3 is 9.47 Å². The highest BCUT2D eigenvalue weighted by molar-refractivity contribution is 6.30. The molecule has 1 amide bonds. The van der Waals surface area contributed by atoms with Crippen molar-refractivity contribution in [3.05, 3.63) is 82.9 Å². The first-order valence-corrected chi connectivity index (χ1v) is 10.6. The molecule has 1 aliphatic carbocycles. The van der Waals surface area contributed by atoms with Crippen LogP contribution in [0.3, 0.4) is 0 Å². The van der Waals surface area contributed by atoms with E-state index >= 15 is 0 Å². The second-order valence-corrected chi connectivity index (χ2v) is 8.46. The van der Waals surface area contributed by atoms with Crippen molar-refractivity contribution >= 4 is 29.0 Å². The Hall–Kier alpha value is -2.92. The molecule has 0 N–H and O–H groups in total. The number of carbonyl (C=O) groups excluding carboxylic acids is 2. The molecule has 5 nitrogen and oxygen atoms in total. The van der Waals surface area contributed by atoms with Crippen molar-refractivity contribution in [2.45, 2.75) is 37.6 Å². The standard InChI is InChI=1S/C24H22ClN3O2/c1-2-22(29)20-14-27(15-26-20)11-12-28-21-6-4-3-5-18(21)24(23(28)30)13-19(24)16-7-9-17(25)10-8-16/h3-10,14-15,19H,2,11-13H2,1H3. The molecule has 2 atom stereocenters. The van der Waals surface area contributed by atoms with Gasteiger partial charge in [-0.3, -0.25) is 9.59 Å². The fourth-order valence-electron chi connectivity index (χ4n) is 4.69. The van der Waals surface area contributed by atoms with Gasteiger partial charge in [0.1, 0.15) is 5.69 Å². The summed E-state index contributed by atoms with van der Waals surface area (Å²) in [6.45, 7) is 2.96. The monoisotopic (exact) mass is 419 g/mol. The maximum absolute atomic E-state index is 13.6. The lowest BCUT2D eigenvalue weighted by atomic mass is 9.92. The van der Waals surface area contributed by atoms with Crippen molar-refractivity contribution in [1.29, 1.82) is 0 Å². The first-order chi connectivity index (χ1) is 14.5. The minimum Gasteiger partial charge on any atom is -0.335 e. The number of para-hydroxylation sites is 1. The Labute approximate surface area is 180 Å². The molecule has 0 bridgehead atoms. The number of nitrogens with zero attached hydrogens (tertiary/aromatic N) is 3. The van der Waals surface area contributed by atoms with E-state index < -0.39 is 5.41 Å². The number of Topliss-reactive ketones (excluding diaryl/α,β-unsaturated/α-hetero) is 1. The van der Waals surface area contributed by atoms with E-state index in [0.29, 0.717) is 30.2 Å². The zero-order chi connectivity index (χ0) is 20.9. The van der Waals surface area contributed by atoms with Crippen molar-refractivity contribution in [1.82, 2.24) is 9.55 Å². The summed E-state index contributed by atoms with van der Waals surface area (Å²) >= 11 is 6.05. The number of carbonyl (C=O) groups is 2. The smallest absolute Gasteiger partial charge is 0.238 e. The molecule has 1 aliphatic heterocycles. The van der Waals surface area contributed by atoms with Crippen LogP contribution in [0.15, 0.2) is 61.1 Å². The van der Waals surface area contributed by atoms with E-state index in [0.717, 1.165) is 23.2 Å². The van der Waals surface area contributed by atoms with Crippen LogP contribution in [0.5, 0.6) is 0 Å². The zero-order valence-electron chi connectivity index (χ0n) is 16.7. The first-order valence-electron chi connectivity index (χ1n) is 10.3. The molecule has 0 radical (unpaired) electrons. The highest BCUT2D eigenvalue weighted by Crippen LogP contribution is 2.66. The summed E-state index contributed by atoms with van der Waals surface area (Å²) < 4.78 is 1.88. The highest BCUT2D eigenvalue weighted by Gasteiger charge is 2.66. The highest BCUT2D eigenvalue weighted by atomic mass is 35.5. The summed E-state index contributed by atoms with van der Waals surface area (Å²) in [6.07, 6.45) is 4.69. The number of imidazole rings is 1. The van der Waals surface area contributed by atoms with Gasteiger partial charge in [-0.25, -0.2) is 4.98 Å². The lowest BCUT2D eigenvalue weighted by molar-refractivity contribution is -0.120. The molecule has 1 aromatic heterocycles. The quantitative estimate of drug-likeness (QED) is 0.548. The van der Waals surface area contributed by atoms with E-state index in [2.05, 4.69) is 11.1 Å². The summed E-state index contributed by atoms with van der Waals surface area (Å²) in [4.78, 5) is 31.5. The van der Waals surface area contributed by atoms with Crippen molar-refractivity contribution in [2.24, 2.45) is 0 Å². The Morgan fingerprint density at radius 2 is 1.93 bits per heavy atom. The number of fused-ring (bicyclic) bond motifs is 2. The van der Waals surface area contributed by atoms with Crippen molar-refractivity contribution < 1.29 is 9.59 Å². The number of hydrogen-bond acceptors (Lipinski definition) is 3. The molecular formula is C24H22ClN3O2.